The van der Waals surface area contributed by atoms with Crippen LogP contribution in [0.2, 0.25) is 0 Å². The number of hydrogen-bond donors (Lipinski definition) is 0. The van der Waals surface area contributed by atoms with Gasteiger partial charge in [0.15, 0.2) is 52.4 Å². The minimum atomic E-state index is -2.33. The number of halogens is 9. The summed E-state index contributed by atoms with van der Waals surface area (Å²) < 4.78 is 145. The molecule has 0 saturated heterocycles. The Hall–Kier alpha value is -3.55. The second-order valence-corrected chi connectivity index (χ2v) is 15.0. The summed E-state index contributed by atoms with van der Waals surface area (Å²) in [7, 11) is 2.80. The van der Waals surface area contributed by atoms with Gasteiger partial charge in [-0.05, 0) is 6.42 Å². The molecule has 0 radical (unpaired) electrons. The van der Waals surface area contributed by atoms with Crippen LogP contribution in [-0.4, -0.2) is 32.9 Å². The topological polar surface area (TPSA) is 27.7 Å². The van der Waals surface area contributed by atoms with E-state index >= 15 is 4.39 Å². The first-order chi connectivity index (χ1) is 26.1. The highest BCUT2D eigenvalue weighted by Crippen LogP contribution is 2.40. The second kappa shape index (κ2) is 22.9. The molecule has 0 amide bonds. The molecule has 3 aromatic carbocycles. The molecule has 3 rings (SSSR count). The molecule has 0 aromatic heterocycles. The van der Waals surface area contributed by atoms with Crippen molar-refractivity contribution in [2.24, 2.45) is 0 Å². The van der Waals surface area contributed by atoms with Gasteiger partial charge >= 0.3 is 7.32 Å². The van der Waals surface area contributed by atoms with Crippen LogP contribution in [0.5, 0.6) is 17.2 Å². The highest BCUT2D eigenvalue weighted by Gasteiger charge is 2.39. The van der Waals surface area contributed by atoms with Gasteiger partial charge in [-0.1, -0.05) is 110 Å². The molecule has 1 unspecified atom stereocenters. The third-order valence-electron chi connectivity index (χ3n) is 9.61. The fraction of sp³-hybridized carbons (Fsp3) is 0.561. The summed E-state index contributed by atoms with van der Waals surface area (Å²) in [5, 5.41) is 0. The molecule has 306 valence electrons. The molecule has 0 bridgehead atoms. The number of nitrogens with zero attached hydrogens (tertiary/aromatic N) is 1. The van der Waals surface area contributed by atoms with Crippen LogP contribution < -0.4 is 14.0 Å². The third kappa shape index (κ3) is 14.8. The Kier molecular flexibility index (Phi) is 19.1. The largest absolute Gasteiger partial charge is 0.864 e. The first-order valence-corrected chi connectivity index (χ1v) is 19.4. The average Bonchev–Trinajstić information content (AvgIpc) is 3.11. The van der Waals surface area contributed by atoms with Crippen LogP contribution in [0.1, 0.15) is 134 Å². The van der Waals surface area contributed by atoms with Crippen molar-refractivity contribution in [3.05, 3.63) is 88.3 Å². The summed E-state index contributed by atoms with van der Waals surface area (Å²) in [6.07, 6.45) is 20.1. The van der Waals surface area contributed by atoms with Crippen LogP contribution in [0.15, 0.2) is 30.3 Å². The molecule has 0 aliphatic heterocycles. The van der Waals surface area contributed by atoms with Gasteiger partial charge in [0.1, 0.15) is 23.3 Å². The Balaban J connectivity index is 1.67. The van der Waals surface area contributed by atoms with E-state index in [0.29, 0.717) is 43.2 Å². The number of rotatable bonds is 26. The highest BCUT2D eigenvalue weighted by molar-refractivity contribution is 6.39. The summed E-state index contributed by atoms with van der Waals surface area (Å²) >= 11 is 0. The molecule has 0 aliphatic carbocycles. The van der Waals surface area contributed by atoms with Crippen molar-refractivity contribution in [3.8, 4) is 17.2 Å². The Labute approximate surface area is 320 Å². The quantitative estimate of drug-likeness (QED) is 0.0266. The molecule has 0 spiro atoms. The Morgan fingerprint density at radius 3 is 1.16 bits per heavy atom. The highest BCUT2D eigenvalue weighted by atomic mass is 19.2. The van der Waals surface area contributed by atoms with E-state index in [4.69, 9.17) is 14.0 Å². The lowest BCUT2D eigenvalue weighted by Gasteiger charge is -2.36. The molecule has 4 nitrogen and oxygen atoms in total. The fourth-order valence-electron chi connectivity index (χ4n) is 6.58. The number of benzene rings is 3. The Bertz CT molecular complexity index is 1530. The molecule has 55 heavy (non-hydrogen) atoms. The molecule has 14 heteroatoms. The van der Waals surface area contributed by atoms with Crippen LogP contribution in [0.3, 0.4) is 0 Å². The van der Waals surface area contributed by atoms with Crippen molar-refractivity contribution in [2.75, 3.05) is 21.1 Å². The minimum Gasteiger partial charge on any atom is -0.489 e. The van der Waals surface area contributed by atoms with E-state index in [2.05, 4.69) is 6.92 Å². The fourth-order valence-corrected chi connectivity index (χ4v) is 6.58. The van der Waals surface area contributed by atoms with Crippen LogP contribution in [-0.2, 0) is 0 Å². The van der Waals surface area contributed by atoms with Crippen molar-refractivity contribution in [1.82, 2.24) is 0 Å². The maximum absolute atomic E-state index is 15.8. The molecule has 0 heterocycles. The van der Waals surface area contributed by atoms with Crippen LogP contribution in [0, 0.1) is 52.4 Å². The van der Waals surface area contributed by atoms with Crippen molar-refractivity contribution in [2.45, 2.75) is 129 Å². The third-order valence-corrected chi connectivity index (χ3v) is 9.61. The average molecular weight is 791 g/mol. The SMILES string of the molecule is CCCCCCCCCCCCCCCCCCCC(c1c(OB(Oc2cc(F)c(F)c(F)c2)Oc2cc(F)c(F)c(F)c2)cc(F)c(F)c1F)[N+](C)(C)C. The number of quaternary nitrogens is 1. The summed E-state index contributed by atoms with van der Waals surface area (Å²) in [6, 6.07) is 1.24. The van der Waals surface area contributed by atoms with Gasteiger partial charge in [-0.15, -0.1) is 0 Å². The summed E-state index contributed by atoms with van der Waals surface area (Å²) in [6.45, 7) is 2.23. The lowest BCUT2D eigenvalue weighted by atomic mass is 9.95. The molecule has 1 atom stereocenters. The molecular weight excluding hydrogens is 736 g/mol. The molecule has 0 aliphatic rings. The van der Waals surface area contributed by atoms with Gasteiger partial charge in [0.2, 0.25) is 0 Å². The lowest BCUT2D eigenvalue weighted by Crippen LogP contribution is -2.41. The molecule has 0 fully saturated rings. The molecular formula is C41H54BF9NO3+. The van der Waals surface area contributed by atoms with E-state index in [1.165, 1.54) is 70.6 Å². The lowest BCUT2D eigenvalue weighted by molar-refractivity contribution is -0.902. The van der Waals surface area contributed by atoms with E-state index in [1.807, 2.05) is 0 Å². The standard InChI is InChI=1S/C41H54BF9NO3/c1-5-6-7-8-9-10-11-12-13-14-15-16-17-18-19-20-21-22-35(52(2,3)4)37-36(27-34(47)40(50)41(37)51)55-42(53-28-23-30(43)38(48)31(44)24-28)54-29-25-32(45)39(49)33(46)26-29/h23-27,35H,5-22H2,1-4H3/q+1. The summed E-state index contributed by atoms with van der Waals surface area (Å²) in [5.41, 5.74) is -0.423. The molecule has 3 aromatic rings. The number of hydrogen-bond acceptors (Lipinski definition) is 3. The van der Waals surface area contributed by atoms with Gasteiger partial charge in [-0.25, -0.2) is 39.5 Å². The van der Waals surface area contributed by atoms with Gasteiger partial charge in [0.05, 0.1) is 26.7 Å². The van der Waals surface area contributed by atoms with Gasteiger partial charge in [-0.3, -0.25) is 0 Å². The molecule has 0 saturated carbocycles. The van der Waals surface area contributed by atoms with Gasteiger partial charge in [0, 0.05) is 36.8 Å². The Morgan fingerprint density at radius 2 is 0.800 bits per heavy atom. The van der Waals surface area contributed by atoms with Crippen molar-refractivity contribution >= 4 is 7.32 Å². The predicted octanol–water partition coefficient (Wildman–Crippen LogP) is 13.2. The monoisotopic (exact) mass is 790 g/mol. The summed E-state index contributed by atoms with van der Waals surface area (Å²) in [5.74, 6) is -17.6. The normalized spacial score (nSPS) is 12.2. The van der Waals surface area contributed by atoms with Crippen LogP contribution in [0.25, 0.3) is 0 Å². The van der Waals surface area contributed by atoms with Gasteiger partial charge in [0.25, 0.3) is 0 Å². The first kappa shape index (κ1) is 45.8. The van der Waals surface area contributed by atoms with Crippen molar-refractivity contribution in [3.63, 3.8) is 0 Å². The van der Waals surface area contributed by atoms with Gasteiger partial charge in [-0.2, -0.15) is 0 Å². The summed E-state index contributed by atoms with van der Waals surface area (Å²) in [4.78, 5) is 0. The van der Waals surface area contributed by atoms with E-state index in [0.717, 1.165) is 32.1 Å². The van der Waals surface area contributed by atoms with E-state index < -0.39 is 88.5 Å². The van der Waals surface area contributed by atoms with E-state index in [-0.39, 0.29) is 4.48 Å². The first-order valence-electron chi connectivity index (χ1n) is 19.4. The van der Waals surface area contributed by atoms with Crippen LogP contribution in [0.4, 0.5) is 39.5 Å². The maximum Gasteiger partial charge on any atom is 0.864 e. The van der Waals surface area contributed by atoms with E-state index in [9.17, 15) is 35.1 Å². The van der Waals surface area contributed by atoms with E-state index in [1.54, 1.807) is 21.1 Å². The maximum atomic E-state index is 15.8. The second-order valence-electron chi connectivity index (χ2n) is 15.0. The number of unbranched alkanes of at least 4 members (excludes halogenated alkanes) is 16. The predicted molar refractivity (Wildman–Crippen MR) is 196 cm³/mol. The smallest absolute Gasteiger partial charge is 0.489 e. The van der Waals surface area contributed by atoms with Crippen molar-refractivity contribution in [1.29, 1.82) is 0 Å². The zero-order valence-corrected chi connectivity index (χ0v) is 32.3. The Morgan fingerprint density at radius 1 is 0.455 bits per heavy atom. The minimum absolute atomic E-state index is 0.0202. The zero-order chi connectivity index (χ0) is 40.5. The van der Waals surface area contributed by atoms with Crippen LogP contribution >= 0.6 is 0 Å². The zero-order valence-electron chi connectivity index (χ0n) is 32.3. The van der Waals surface area contributed by atoms with Crippen molar-refractivity contribution < 1.29 is 58.0 Å². The molecule has 0 N–H and O–H groups in total. The van der Waals surface area contributed by atoms with Gasteiger partial charge < -0.3 is 18.4 Å².